The monoisotopic (exact) mass is 1160 g/mol. The Labute approximate surface area is 517 Å². The van der Waals surface area contributed by atoms with Crippen molar-refractivity contribution in [3.05, 3.63) is 60.8 Å². The van der Waals surface area contributed by atoms with Crippen LogP contribution < -0.4 is 0 Å². The molecule has 1 atom stereocenters. The molecule has 0 radical (unpaired) electrons. The standard InChI is InChI=1S/C77H140O6/c1-4-7-10-13-16-19-22-24-26-28-30-32-34-35-36-37-38-39-40-41-43-44-46-48-50-52-55-58-61-64-67-70-76(79)82-73-74(72-81-75(78)69-66-63-60-57-54-21-18-15-12-9-6-3)83-77(80)71-68-65-62-59-56-53-51-49-47-45-42-33-31-29-27-25-23-20-17-14-11-8-5-2/h7,10,16,19,24,26,29-32,74H,4-6,8-9,11-15,17-18,20-23,25,27-28,33-73H2,1-3H3/b10-7-,19-16-,26-24-,31-29-,32-30-. The largest absolute Gasteiger partial charge is 0.462 e. The van der Waals surface area contributed by atoms with Crippen LogP contribution >= 0.6 is 0 Å². The second kappa shape index (κ2) is 71.6. The van der Waals surface area contributed by atoms with Crippen LogP contribution in [-0.4, -0.2) is 37.2 Å². The second-order valence-electron chi connectivity index (χ2n) is 24.8. The molecule has 484 valence electrons. The van der Waals surface area contributed by atoms with Gasteiger partial charge in [-0.15, -0.1) is 0 Å². The summed E-state index contributed by atoms with van der Waals surface area (Å²) in [6.07, 6.45) is 92.7. The molecule has 0 N–H and O–H groups in total. The summed E-state index contributed by atoms with van der Waals surface area (Å²) >= 11 is 0. The van der Waals surface area contributed by atoms with Gasteiger partial charge in [0.05, 0.1) is 0 Å². The van der Waals surface area contributed by atoms with Crippen LogP contribution in [0, 0.1) is 0 Å². The molecule has 1 unspecified atom stereocenters. The van der Waals surface area contributed by atoms with Gasteiger partial charge in [-0.1, -0.05) is 351 Å². The molecule has 0 rings (SSSR count). The first-order chi connectivity index (χ1) is 41.0. The van der Waals surface area contributed by atoms with E-state index < -0.39 is 6.10 Å². The zero-order chi connectivity index (χ0) is 59.9. The molecule has 0 aliphatic carbocycles. The maximum atomic E-state index is 13.0. The summed E-state index contributed by atoms with van der Waals surface area (Å²) in [5.41, 5.74) is 0. The molecule has 83 heavy (non-hydrogen) atoms. The molecule has 0 spiro atoms. The maximum Gasteiger partial charge on any atom is 0.306 e. The Morgan fingerprint density at radius 1 is 0.253 bits per heavy atom. The summed E-state index contributed by atoms with van der Waals surface area (Å²) in [7, 11) is 0. The number of hydrogen-bond donors (Lipinski definition) is 0. The second-order valence-corrected chi connectivity index (χ2v) is 24.8. The first-order valence-corrected chi connectivity index (χ1v) is 36.8. The van der Waals surface area contributed by atoms with Crippen LogP contribution in [0.3, 0.4) is 0 Å². The van der Waals surface area contributed by atoms with Crippen LogP contribution in [0.4, 0.5) is 0 Å². The predicted molar refractivity (Wildman–Crippen MR) is 362 cm³/mol. The Morgan fingerprint density at radius 3 is 0.747 bits per heavy atom. The third kappa shape index (κ3) is 69.8. The summed E-state index contributed by atoms with van der Waals surface area (Å²) < 4.78 is 17.0. The van der Waals surface area contributed by atoms with Gasteiger partial charge in [-0.2, -0.15) is 0 Å². The van der Waals surface area contributed by atoms with Crippen LogP contribution in [0.2, 0.25) is 0 Å². The zero-order valence-corrected chi connectivity index (χ0v) is 55.7. The van der Waals surface area contributed by atoms with E-state index in [2.05, 4.69) is 81.5 Å². The van der Waals surface area contributed by atoms with E-state index in [1.54, 1.807) is 0 Å². The fourth-order valence-electron chi connectivity index (χ4n) is 11.0. The number of hydrogen-bond acceptors (Lipinski definition) is 6. The average Bonchev–Trinajstić information content (AvgIpc) is 3.48. The quantitative estimate of drug-likeness (QED) is 0.0261. The number of ether oxygens (including phenoxy) is 3. The topological polar surface area (TPSA) is 78.9 Å². The molecule has 0 fully saturated rings. The highest BCUT2D eigenvalue weighted by Gasteiger charge is 2.19. The molecule has 0 amide bonds. The number of rotatable bonds is 68. The summed E-state index contributed by atoms with van der Waals surface area (Å²) in [5.74, 6) is -0.842. The van der Waals surface area contributed by atoms with E-state index >= 15 is 0 Å². The SMILES string of the molecule is CC/C=C\C/C=C\C/C=C\C/C=C\CCCCCCCCCCCCCCCCCCCCC(=O)OCC(COC(=O)CCCCCCCCCCCCC)OC(=O)CCCCCCCCCCCCC/C=C\CCCCCCCCCC. The van der Waals surface area contributed by atoms with Crippen molar-refractivity contribution in [1.82, 2.24) is 0 Å². The molecule has 0 saturated heterocycles. The smallest absolute Gasteiger partial charge is 0.306 e. The minimum Gasteiger partial charge on any atom is -0.462 e. The predicted octanol–water partition coefficient (Wildman–Crippen LogP) is 25.5. The molecular formula is C77H140O6. The minimum absolute atomic E-state index is 0.0678. The molecule has 6 heteroatoms. The van der Waals surface area contributed by atoms with Crippen molar-refractivity contribution in [2.24, 2.45) is 0 Å². The number of allylic oxidation sites excluding steroid dienone is 10. The Hall–Kier alpha value is -2.89. The molecular weight excluding hydrogens is 1020 g/mol. The molecule has 0 aliphatic rings. The van der Waals surface area contributed by atoms with E-state index in [1.165, 1.54) is 270 Å². The molecule has 0 aromatic heterocycles. The van der Waals surface area contributed by atoms with Gasteiger partial charge in [0, 0.05) is 19.3 Å². The summed E-state index contributed by atoms with van der Waals surface area (Å²) in [6.45, 7) is 6.59. The lowest BCUT2D eigenvalue weighted by Crippen LogP contribution is -2.30. The Balaban J connectivity index is 4.14. The van der Waals surface area contributed by atoms with E-state index in [1.807, 2.05) is 0 Å². The van der Waals surface area contributed by atoms with Crippen molar-refractivity contribution in [2.75, 3.05) is 13.2 Å². The van der Waals surface area contributed by atoms with E-state index in [9.17, 15) is 14.4 Å². The summed E-state index contributed by atoms with van der Waals surface area (Å²) in [6, 6.07) is 0. The van der Waals surface area contributed by atoms with E-state index in [-0.39, 0.29) is 31.1 Å². The lowest BCUT2D eigenvalue weighted by Gasteiger charge is -2.18. The Morgan fingerprint density at radius 2 is 0.470 bits per heavy atom. The molecule has 0 aromatic rings. The first-order valence-electron chi connectivity index (χ1n) is 36.8. The fourth-order valence-corrected chi connectivity index (χ4v) is 11.0. The lowest BCUT2D eigenvalue weighted by atomic mass is 10.0. The molecule has 0 saturated carbocycles. The Bertz CT molecular complexity index is 1470. The highest BCUT2D eigenvalue weighted by Crippen LogP contribution is 2.18. The number of esters is 3. The lowest BCUT2D eigenvalue weighted by molar-refractivity contribution is -0.167. The average molecular weight is 1160 g/mol. The van der Waals surface area contributed by atoms with Crippen molar-refractivity contribution in [1.29, 1.82) is 0 Å². The number of unbranched alkanes of at least 4 members (excludes halogenated alkanes) is 47. The highest BCUT2D eigenvalue weighted by atomic mass is 16.6. The van der Waals surface area contributed by atoms with Crippen molar-refractivity contribution in [2.45, 2.75) is 399 Å². The third-order valence-corrected chi connectivity index (χ3v) is 16.5. The molecule has 6 nitrogen and oxygen atoms in total. The zero-order valence-electron chi connectivity index (χ0n) is 55.7. The first kappa shape index (κ1) is 80.1. The van der Waals surface area contributed by atoms with Gasteiger partial charge < -0.3 is 14.2 Å². The van der Waals surface area contributed by atoms with Crippen LogP contribution in [0.1, 0.15) is 393 Å². The van der Waals surface area contributed by atoms with Gasteiger partial charge in [-0.3, -0.25) is 14.4 Å². The fraction of sp³-hybridized carbons (Fsp3) is 0.831. The summed E-state index contributed by atoms with van der Waals surface area (Å²) in [5, 5.41) is 0. The van der Waals surface area contributed by atoms with E-state index in [0.717, 1.165) is 83.5 Å². The van der Waals surface area contributed by atoms with Gasteiger partial charge in [-0.25, -0.2) is 0 Å². The van der Waals surface area contributed by atoms with Gasteiger partial charge in [-0.05, 0) is 83.5 Å². The highest BCUT2D eigenvalue weighted by molar-refractivity contribution is 5.71. The summed E-state index contributed by atoms with van der Waals surface area (Å²) in [4.78, 5) is 38.4. The van der Waals surface area contributed by atoms with Gasteiger partial charge in [0.2, 0.25) is 0 Å². The van der Waals surface area contributed by atoms with Gasteiger partial charge >= 0.3 is 17.9 Å². The normalized spacial score (nSPS) is 12.4. The number of carbonyl (C=O) groups is 3. The maximum absolute atomic E-state index is 13.0. The Kier molecular flexibility index (Phi) is 69.1. The van der Waals surface area contributed by atoms with Crippen LogP contribution in [0.25, 0.3) is 0 Å². The molecule has 0 bridgehead atoms. The van der Waals surface area contributed by atoms with E-state index in [0.29, 0.717) is 19.3 Å². The van der Waals surface area contributed by atoms with E-state index in [4.69, 9.17) is 14.2 Å². The van der Waals surface area contributed by atoms with Crippen molar-refractivity contribution in [3.63, 3.8) is 0 Å². The number of carbonyl (C=O) groups excluding carboxylic acids is 3. The van der Waals surface area contributed by atoms with Crippen LogP contribution in [0.5, 0.6) is 0 Å². The van der Waals surface area contributed by atoms with Crippen molar-refractivity contribution in [3.8, 4) is 0 Å². The van der Waals surface area contributed by atoms with Gasteiger partial charge in [0.25, 0.3) is 0 Å². The van der Waals surface area contributed by atoms with Crippen LogP contribution in [-0.2, 0) is 28.6 Å². The minimum atomic E-state index is -0.771. The van der Waals surface area contributed by atoms with Crippen LogP contribution in [0.15, 0.2) is 60.8 Å². The molecule has 0 aromatic carbocycles. The van der Waals surface area contributed by atoms with Gasteiger partial charge in [0.15, 0.2) is 6.10 Å². The van der Waals surface area contributed by atoms with Crippen molar-refractivity contribution >= 4 is 17.9 Å². The van der Waals surface area contributed by atoms with Crippen molar-refractivity contribution < 1.29 is 28.6 Å². The molecule has 0 heterocycles. The van der Waals surface area contributed by atoms with Gasteiger partial charge in [0.1, 0.15) is 13.2 Å². The molecule has 0 aliphatic heterocycles. The third-order valence-electron chi connectivity index (χ3n) is 16.5.